The number of H-pyrrole nitrogens is 1. The highest BCUT2D eigenvalue weighted by Gasteiger charge is 2.35. The van der Waals surface area contributed by atoms with Crippen LogP contribution >= 0.6 is 0 Å². The van der Waals surface area contributed by atoms with Gasteiger partial charge >= 0.3 is 0 Å². The Morgan fingerprint density at radius 3 is 1.93 bits per heavy atom. The number of nitrogens with one attached hydrogen (secondary N) is 13. The highest BCUT2D eigenvalue weighted by atomic mass is 16.2. The lowest BCUT2D eigenvalue weighted by Crippen LogP contribution is -2.60. The van der Waals surface area contributed by atoms with E-state index < -0.39 is 95.5 Å². The fourth-order valence-corrected chi connectivity index (χ4v) is 8.21. The number of carbonyl (C=O) groups excluding carboxylic acids is 9. The Hall–Kier alpha value is -8.25. The van der Waals surface area contributed by atoms with Crippen molar-refractivity contribution in [3.05, 3.63) is 71.9 Å². The van der Waals surface area contributed by atoms with E-state index in [1.165, 1.54) is 6.92 Å². The van der Waals surface area contributed by atoms with E-state index in [1.54, 1.807) is 36.5 Å². The summed E-state index contributed by atoms with van der Waals surface area (Å²) in [5.74, 6) is -7.61. The maximum Gasteiger partial charge on any atom is 0.243 e. The number of benzene rings is 2. The molecular weight excluding hydrogens is 957 g/mol. The van der Waals surface area contributed by atoms with Gasteiger partial charge in [0.2, 0.25) is 53.2 Å². The molecule has 7 atom stereocenters. The predicted octanol–water partition coefficient (Wildman–Crippen LogP) is -2.13. The molecule has 1 fully saturated rings. The van der Waals surface area contributed by atoms with Gasteiger partial charge in [-0.15, -0.1) is 0 Å². The van der Waals surface area contributed by atoms with Gasteiger partial charge in [0.05, 0.1) is 0 Å². The lowest BCUT2D eigenvalue weighted by atomic mass is 10.0. The second-order valence-electron chi connectivity index (χ2n) is 18.1. The van der Waals surface area contributed by atoms with Gasteiger partial charge in [-0.2, -0.15) is 0 Å². The topological polar surface area (TPSA) is 415 Å². The molecule has 9 amide bonds. The fourth-order valence-electron chi connectivity index (χ4n) is 8.21. The Labute approximate surface area is 428 Å². The van der Waals surface area contributed by atoms with E-state index in [0.717, 1.165) is 10.9 Å². The van der Waals surface area contributed by atoms with Crippen molar-refractivity contribution in [3.63, 3.8) is 0 Å². The van der Waals surface area contributed by atoms with E-state index in [1.807, 2.05) is 31.2 Å². The molecule has 0 spiro atoms. The second-order valence-corrected chi connectivity index (χ2v) is 18.1. The molecule has 3 aromatic rings. The van der Waals surface area contributed by atoms with E-state index in [0.29, 0.717) is 24.0 Å². The molecule has 2 aromatic carbocycles. The summed E-state index contributed by atoms with van der Waals surface area (Å²) in [5, 5.41) is 42.6. The maximum absolute atomic E-state index is 14.5. The number of primary amides is 1. The van der Waals surface area contributed by atoms with Crippen LogP contribution in [0, 0.1) is 10.8 Å². The highest BCUT2D eigenvalue weighted by molar-refractivity contribution is 5.98. The van der Waals surface area contributed by atoms with Crippen molar-refractivity contribution in [1.29, 1.82) is 10.8 Å². The van der Waals surface area contributed by atoms with Gasteiger partial charge in [-0.25, -0.2) is 0 Å². The first-order chi connectivity index (χ1) is 35.3. The Morgan fingerprint density at radius 1 is 0.716 bits per heavy atom. The van der Waals surface area contributed by atoms with E-state index in [4.69, 9.17) is 28.0 Å². The number of nitrogens with two attached hydrogens (primary N) is 3. The summed E-state index contributed by atoms with van der Waals surface area (Å²) < 4.78 is 0. The third-order valence-electron chi connectivity index (χ3n) is 12.1. The molecule has 74 heavy (non-hydrogen) atoms. The molecular formula is C49H72N16O9. The number of carbonyl (C=O) groups is 9. The minimum atomic E-state index is -1.45. The van der Waals surface area contributed by atoms with Crippen molar-refractivity contribution in [2.75, 3.05) is 19.6 Å². The summed E-state index contributed by atoms with van der Waals surface area (Å²) >= 11 is 0. The van der Waals surface area contributed by atoms with Crippen LogP contribution in [0.15, 0.2) is 60.8 Å². The predicted molar refractivity (Wildman–Crippen MR) is 275 cm³/mol. The van der Waals surface area contributed by atoms with Crippen molar-refractivity contribution in [1.82, 2.24) is 58.2 Å². The number of aromatic amines is 1. The van der Waals surface area contributed by atoms with Crippen LogP contribution in [0.25, 0.3) is 10.9 Å². The van der Waals surface area contributed by atoms with E-state index in [2.05, 4.69) is 58.2 Å². The monoisotopic (exact) mass is 1030 g/mol. The molecule has 1 unspecified atom stereocenters. The quantitative estimate of drug-likeness (QED) is 0.0309. The molecule has 1 aliphatic heterocycles. The van der Waals surface area contributed by atoms with Gasteiger partial charge in [0.1, 0.15) is 42.3 Å². The zero-order valence-electron chi connectivity index (χ0n) is 41.8. The van der Waals surface area contributed by atoms with Crippen molar-refractivity contribution in [2.45, 2.75) is 133 Å². The zero-order chi connectivity index (χ0) is 54.2. The van der Waals surface area contributed by atoms with Gasteiger partial charge in [-0.3, -0.25) is 54.0 Å². The van der Waals surface area contributed by atoms with Crippen LogP contribution in [-0.2, 0) is 56.0 Å². The normalized spacial score (nSPS) is 20.0. The smallest absolute Gasteiger partial charge is 0.243 e. The SMILES string of the molecule is CCCC[C@H](NC(C)=O)C(=O)N[C@H]1CCC(=O)NCC[C@@H](C(=O)NC(Cc2c[nH]c3ccccc23)C(N)=O)NC(=O)[C@H](CCCNC(=N)N)NC(=O)[C@@H](Cc2ccccc2)NC(=O)[C@H](CCCNC(=N)N)NC1=O. The molecule has 1 saturated heterocycles. The first kappa shape index (κ1) is 58.3. The van der Waals surface area contributed by atoms with E-state index in [9.17, 15) is 43.2 Å². The van der Waals surface area contributed by atoms with Gasteiger partial charge in [0.15, 0.2) is 11.9 Å². The molecule has 25 nitrogen and oxygen atoms in total. The van der Waals surface area contributed by atoms with E-state index >= 15 is 0 Å². The first-order valence-corrected chi connectivity index (χ1v) is 24.7. The molecule has 402 valence electrons. The lowest BCUT2D eigenvalue weighted by molar-refractivity contribution is -0.136. The summed E-state index contributed by atoms with van der Waals surface area (Å²) in [6, 6.07) is 6.62. The number of guanidine groups is 2. The number of hydrogen-bond donors (Lipinski definition) is 16. The number of aromatic nitrogens is 1. The highest BCUT2D eigenvalue weighted by Crippen LogP contribution is 2.19. The van der Waals surface area contributed by atoms with Gasteiger partial charge < -0.3 is 75.4 Å². The molecule has 0 bridgehead atoms. The lowest BCUT2D eigenvalue weighted by Gasteiger charge is -2.28. The largest absolute Gasteiger partial charge is 0.370 e. The fraction of sp³-hybridized carbons (Fsp3) is 0.490. The van der Waals surface area contributed by atoms with Crippen LogP contribution in [0.5, 0.6) is 0 Å². The van der Waals surface area contributed by atoms with Crippen molar-refractivity contribution in [2.24, 2.45) is 17.2 Å². The Bertz CT molecular complexity index is 2450. The number of amides is 9. The first-order valence-electron chi connectivity index (χ1n) is 24.7. The van der Waals surface area contributed by atoms with Crippen LogP contribution < -0.4 is 70.4 Å². The molecule has 1 aliphatic rings. The summed E-state index contributed by atoms with van der Waals surface area (Å²) in [4.78, 5) is 127. The molecule has 0 saturated carbocycles. The summed E-state index contributed by atoms with van der Waals surface area (Å²) in [6.07, 6.45) is 2.30. The minimum absolute atomic E-state index is 0.0234. The molecule has 19 N–H and O–H groups in total. The van der Waals surface area contributed by atoms with Crippen molar-refractivity contribution in [3.8, 4) is 0 Å². The Balaban J connectivity index is 1.76. The second kappa shape index (κ2) is 29.9. The van der Waals surface area contributed by atoms with Gasteiger partial charge in [0.25, 0.3) is 0 Å². The molecule has 4 rings (SSSR count). The summed E-state index contributed by atoms with van der Waals surface area (Å²) in [7, 11) is 0. The Morgan fingerprint density at radius 2 is 1.31 bits per heavy atom. The van der Waals surface area contributed by atoms with Crippen LogP contribution in [-0.4, -0.2) is 132 Å². The molecule has 25 heteroatoms. The summed E-state index contributed by atoms with van der Waals surface area (Å²) in [5.41, 5.74) is 18.9. The number of fused-ring (bicyclic) bond motifs is 1. The third kappa shape index (κ3) is 19.7. The minimum Gasteiger partial charge on any atom is -0.370 e. The van der Waals surface area contributed by atoms with Crippen molar-refractivity contribution < 1.29 is 43.2 Å². The van der Waals surface area contributed by atoms with Crippen LogP contribution in [0.2, 0.25) is 0 Å². The van der Waals surface area contributed by atoms with E-state index in [-0.39, 0.29) is 95.8 Å². The Kier molecular flexibility index (Phi) is 23.6. The third-order valence-corrected chi connectivity index (χ3v) is 12.1. The van der Waals surface area contributed by atoms with Gasteiger partial charge in [-0.05, 0) is 62.1 Å². The van der Waals surface area contributed by atoms with Crippen LogP contribution in [0.4, 0.5) is 0 Å². The van der Waals surface area contributed by atoms with Crippen LogP contribution in [0.3, 0.4) is 0 Å². The number of para-hydroxylation sites is 1. The average Bonchev–Trinajstić information content (AvgIpc) is 3.76. The zero-order valence-corrected chi connectivity index (χ0v) is 41.8. The summed E-state index contributed by atoms with van der Waals surface area (Å²) in [6.45, 7) is 3.12. The molecule has 2 heterocycles. The average molecular weight is 1030 g/mol. The van der Waals surface area contributed by atoms with Crippen LogP contribution in [0.1, 0.15) is 89.2 Å². The van der Waals surface area contributed by atoms with Gasteiger partial charge in [0, 0.05) is 62.9 Å². The number of rotatable bonds is 21. The number of unbranched alkanes of at least 4 members (excludes halogenated alkanes) is 1. The molecule has 1 aromatic heterocycles. The van der Waals surface area contributed by atoms with Gasteiger partial charge in [-0.1, -0.05) is 68.3 Å². The number of hydrogen-bond acceptors (Lipinski definition) is 11. The van der Waals surface area contributed by atoms with Crippen molar-refractivity contribution >= 4 is 76.0 Å². The maximum atomic E-state index is 14.5. The standard InChI is InChI=1S/C49H72N16O9/c1-3-4-15-33(59-28(2)66)42(69)62-36-19-20-40(67)55-24-21-37(46(73)64-38(41(50)68)26-30-27-58-32-16-9-8-14-31(30)32)63-43(70)34(17-10-22-56-48(51)52)61-47(74)39(25-29-12-6-5-7-13-29)65-44(71)35(60-45(36)72)18-11-23-57-49(53)54/h5-9,12-14,16,27,33-39,58H,3-4,10-11,15,17-26H2,1-2H3,(H2,50,68)(H,55,67)(H,59,66)(H,60,72)(H,61,74)(H,62,69)(H,63,70)(H,64,73)(H,65,71)(H4,51,52,56)(H4,53,54,57)/t33-,34-,35-,36-,37-,38?,39+/m0/s1. The molecule has 0 aliphatic carbocycles. The molecule has 0 radical (unpaired) electrons.